The number of pyridine rings is 1. The van der Waals surface area contributed by atoms with E-state index in [0.29, 0.717) is 11.3 Å². The highest BCUT2D eigenvalue weighted by atomic mass is 15.3. The molecule has 1 atom stereocenters. The average Bonchev–Trinajstić information content (AvgIpc) is 2.99. The maximum absolute atomic E-state index is 5.14. The first-order chi connectivity index (χ1) is 12.6. The fourth-order valence-electron chi connectivity index (χ4n) is 5.35. The second-order valence-corrected chi connectivity index (χ2v) is 8.72. The number of fused-ring (bicyclic) bond motifs is 3. The van der Waals surface area contributed by atoms with Crippen molar-refractivity contribution >= 4 is 11.0 Å². The molecule has 0 aromatic carbocycles. The van der Waals surface area contributed by atoms with Gasteiger partial charge in [0.25, 0.3) is 0 Å². The molecule has 1 saturated heterocycles. The van der Waals surface area contributed by atoms with Crippen molar-refractivity contribution in [2.45, 2.75) is 50.5 Å². The predicted octanol–water partition coefficient (Wildman–Crippen LogP) is 3.59. The molecule has 1 spiro atoms. The zero-order chi connectivity index (χ0) is 17.5. The number of rotatable bonds is 2. The Labute approximate surface area is 153 Å². The Hall–Kier alpha value is -2.14. The number of hydrogen-bond acceptors (Lipinski definition) is 3. The molecule has 1 N–H and O–H groups in total. The van der Waals surface area contributed by atoms with E-state index in [-0.39, 0.29) is 0 Å². The number of likely N-dealkylation sites (N-methyl/N-ethyl adjacent to an activating group) is 1. The fraction of sp³-hybridized carbons (Fsp3) is 0.524. The summed E-state index contributed by atoms with van der Waals surface area (Å²) in [5, 5.41) is 6.35. The maximum Gasteiger partial charge on any atom is 0.137 e. The van der Waals surface area contributed by atoms with Crippen LogP contribution in [-0.2, 0) is 12.0 Å². The van der Waals surface area contributed by atoms with Crippen LogP contribution in [0.2, 0.25) is 0 Å². The Morgan fingerprint density at radius 3 is 2.85 bits per heavy atom. The van der Waals surface area contributed by atoms with E-state index in [9.17, 15) is 0 Å². The molecule has 0 amide bonds. The fourth-order valence-corrected chi connectivity index (χ4v) is 5.35. The van der Waals surface area contributed by atoms with Crippen LogP contribution < -0.4 is 0 Å². The molecule has 26 heavy (non-hydrogen) atoms. The molecule has 0 bridgehead atoms. The van der Waals surface area contributed by atoms with Gasteiger partial charge in [0.1, 0.15) is 5.65 Å². The van der Waals surface area contributed by atoms with Crippen molar-refractivity contribution in [2.75, 3.05) is 20.1 Å². The van der Waals surface area contributed by atoms with Crippen LogP contribution in [0.25, 0.3) is 22.3 Å². The van der Waals surface area contributed by atoms with Crippen molar-refractivity contribution in [3.05, 3.63) is 35.3 Å². The van der Waals surface area contributed by atoms with Gasteiger partial charge in [-0.15, -0.1) is 0 Å². The lowest BCUT2D eigenvalue weighted by Gasteiger charge is -2.24. The first kappa shape index (κ1) is 15.0. The predicted molar refractivity (Wildman–Crippen MR) is 102 cm³/mol. The van der Waals surface area contributed by atoms with Gasteiger partial charge < -0.3 is 9.88 Å². The summed E-state index contributed by atoms with van der Waals surface area (Å²) >= 11 is 0. The molecule has 3 aliphatic rings. The van der Waals surface area contributed by atoms with Gasteiger partial charge in [-0.2, -0.15) is 5.10 Å². The Bertz CT molecular complexity index is 1020. The average molecular weight is 347 g/mol. The number of aromatic amines is 1. The number of aryl methyl sites for hydroxylation is 2. The molecule has 5 nitrogen and oxygen atoms in total. The Kier molecular flexibility index (Phi) is 2.86. The summed E-state index contributed by atoms with van der Waals surface area (Å²) in [6, 6.07) is 2.28. The van der Waals surface area contributed by atoms with E-state index in [4.69, 9.17) is 5.10 Å². The van der Waals surface area contributed by atoms with Crippen molar-refractivity contribution < 1.29 is 0 Å². The van der Waals surface area contributed by atoms with Gasteiger partial charge >= 0.3 is 0 Å². The van der Waals surface area contributed by atoms with Crippen LogP contribution in [-0.4, -0.2) is 44.8 Å². The molecule has 134 valence electrons. The van der Waals surface area contributed by atoms with Crippen molar-refractivity contribution in [3.8, 4) is 11.3 Å². The Morgan fingerprint density at radius 2 is 2.08 bits per heavy atom. The number of likely N-dealkylation sites (tertiary alicyclic amines) is 1. The number of hydrogen-bond donors (Lipinski definition) is 1. The monoisotopic (exact) mass is 347 g/mol. The van der Waals surface area contributed by atoms with Crippen LogP contribution in [0.15, 0.2) is 18.5 Å². The quantitative estimate of drug-likeness (QED) is 0.771. The zero-order valence-corrected chi connectivity index (χ0v) is 15.5. The summed E-state index contributed by atoms with van der Waals surface area (Å²) in [6.07, 6.45) is 9.22. The Morgan fingerprint density at radius 1 is 1.23 bits per heavy atom. The number of nitrogens with zero attached hydrogens (tertiary/aromatic N) is 4. The maximum atomic E-state index is 5.14. The second kappa shape index (κ2) is 4.97. The first-order valence-corrected chi connectivity index (χ1v) is 9.88. The van der Waals surface area contributed by atoms with Gasteiger partial charge in [0.05, 0.1) is 11.4 Å². The first-order valence-electron chi connectivity index (χ1n) is 9.88. The Balaban J connectivity index is 1.55. The number of aromatic nitrogens is 4. The van der Waals surface area contributed by atoms with E-state index in [1.807, 2.05) is 12.4 Å². The minimum absolute atomic E-state index is 0.333. The number of H-pyrrole nitrogens is 1. The largest absolute Gasteiger partial charge is 0.346 e. The van der Waals surface area contributed by atoms with Crippen molar-refractivity contribution in [1.82, 2.24) is 24.6 Å². The van der Waals surface area contributed by atoms with E-state index in [1.54, 1.807) is 11.3 Å². The molecule has 5 heteroatoms. The van der Waals surface area contributed by atoms with Crippen molar-refractivity contribution in [1.29, 1.82) is 0 Å². The highest BCUT2D eigenvalue weighted by molar-refractivity contribution is 5.84. The third-order valence-electron chi connectivity index (χ3n) is 6.84. The molecular formula is C21H25N5. The lowest BCUT2D eigenvalue weighted by Crippen LogP contribution is -2.28. The standard InChI is InChI=1S/C21H25N5/c1-13-10-22-20-16(13)9-15(11-23-20)18-17(14-3-4-14)19-21(5-7-25(2)12-21)6-8-26(19)24-18/h9-11,14H,3-8,12H2,1-2H3,(H,22,23). The minimum Gasteiger partial charge on any atom is -0.346 e. The molecule has 3 aromatic heterocycles. The van der Waals surface area contributed by atoms with Crippen LogP contribution in [0.1, 0.15) is 48.4 Å². The lowest BCUT2D eigenvalue weighted by molar-refractivity contribution is 0.365. The van der Waals surface area contributed by atoms with E-state index in [0.717, 1.165) is 12.2 Å². The molecule has 2 fully saturated rings. The van der Waals surface area contributed by atoms with Gasteiger partial charge in [0.15, 0.2) is 0 Å². The normalized spacial score (nSPS) is 25.6. The summed E-state index contributed by atoms with van der Waals surface area (Å²) in [6.45, 7) is 5.61. The summed E-state index contributed by atoms with van der Waals surface area (Å²) in [7, 11) is 2.26. The molecule has 2 aliphatic heterocycles. The molecule has 1 unspecified atom stereocenters. The number of nitrogens with one attached hydrogen (secondary N) is 1. The third kappa shape index (κ3) is 1.95. The third-order valence-corrected chi connectivity index (χ3v) is 6.84. The molecule has 1 aliphatic carbocycles. The zero-order valence-electron chi connectivity index (χ0n) is 15.5. The molecule has 0 radical (unpaired) electrons. The van der Waals surface area contributed by atoms with E-state index < -0.39 is 0 Å². The summed E-state index contributed by atoms with van der Waals surface area (Å²) in [5.74, 6) is 0.706. The minimum atomic E-state index is 0.333. The van der Waals surface area contributed by atoms with Crippen LogP contribution in [0.5, 0.6) is 0 Å². The smallest absolute Gasteiger partial charge is 0.137 e. The van der Waals surface area contributed by atoms with E-state index in [1.165, 1.54) is 61.0 Å². The molecule has 5 heterocycles. The molecule has 1 saturated carbocycles. The van der Waals surface area contributed by atoms with Crippen LogP contribution in [0.3, 0.4) is 0 Å². The van der Waals surface area contributed by atoms with Crippen LogP contribution in [0, 0.1) is 6.92 Å². The second-order valence-electron chi connectivity index (χ2n) is 8.72. The molecule has 3 aromatic rings. The van der Waals surface area contributed by atoms with Gasteiger partial charge in [-0.3, -0.25) is 4.68 Å². The van der Waals surface area contributed by atoms with Gasteiger partial charge in [-0.1, -0.05) is 0 Å². The van der Waals surface area contributed by atoms with E-state index >= 15 is 0 Å². The summed E-state index contributed by atoms with van der Waals surface area (Å²) in [4.78, 5) is 10.4. The van der Waals surface area contributed by atoms with Gasteiger partial charge in [-0.05, 0) is 63.7 Å². The van der Waals surface area contributed by atoms with Gasteiger partial charge in [-0.25, -0.2) is 4.98 Å². The van der Waals surface area contributed by atoms with Crippen molar-refractivity contribution in [2.24, 2.45) is 0 Å². The molecule has 6 rings (SSSR count). The topological polar surface area (TPSA) is 49.7 Å². The lowest BCUT2D eigenvalue weighted by atomic mass is 9.79. The highest BCUT2D eigenvalue weighted by Crippen LogP contribution is 2.53. The van der Waals surface area contributed by atoms with Gasteiger partial charge in [0.2, 0.25) is 0 Å². The highest BCUT2D eigenvalue weighted by Gasteiger charge is 2.49. The summed E-state index contributed by atoms with van der Waals surface area (Å²) < 4.78 is 2.34. The SMILES string of the molecule is Cc1c[nH]c2ncc(-c3nn4c(c3C3CC3)C3(CCN(C)C3)CC4)cc12. The van der Waals surface area contributed by atoms with E-state index in [2.05, 4.69) is 39.6 Å². The van der Waals surface area contributed by atoms with Crippen LogP contribution >= 0.6 is 0 Å². The van der Waals surface area contributed by atoms with Crippen LogP contribution in [0.4, 0.5) is 0 Å². The van der Waals surface area contributed by atoms with Gasteiger partial charge in [0, 0.05) is 47.4 Å². The molecular weight excluding hydrogens is 322 g/mol. The van der Waals surface area contributed by atoms with Crippen molar-refractivity contribution in [3.63, 3.8) is 0 Å². The summed E-state index contributed by atoms with van der Waals surface area (Å²) in [5.41, 5.74) is 8.05.